The van der Waals surface area contributed by atoms with Crippen LogP contribution in [0.4, 0.5) is 5.69 Å². The van der Waals surface area contributed by atoms with Crippen LogP contribution in [0.2, 0.25) is 0 Å². The standard InChI is InChI=1S/C22H31N3O3S/c1-17-11-12-18(2)21(15-17)25(29(27,28)24(4)5)16-22(26)23-19(3)13-14-20-9-7-6-8-10-20/h6-12,15,19H,13-14,16H2,1-5H3,(H,23,26). The Labute approximate surface area is 174 Å². The third-order valence-electron chi connectivity index (χ3n) is 4.78. The van der Waals surface area contributed by atoms with E-state index in [2.05, 4.69) is 17.4 Å². The largest absolute Gasteiger partial charge is 0.352 e. The molecular formula is C22H31N3O3S. The van der Waals surface area contributed by atoms with Gasteiger partial charge >= 0.3 is 10.2 Å². The quantitative estimate of drug-likeness (QED) is 0.682. The van der Waals surface area contributed by atoms with Crippen LogP contribution in [0.15, 0.2) is 48.5 Å². The highest BCUT2D eigenvalue weighted by atomic mass is 32.2. The van der Waals surface area contributed by atoms with E-state index in [0.29, 0.717) is 5.69 Å². The topological polar surface area (TPSA) is 69.7 Å². The Bertz CT molecular complexity index is 928. The summed E-state index contributed by atoms with van der Waals surface area (Å²) in [6.45, 7) is 5.41. The Balaban J connectivity index is 2.12. The number of hydrogen-bond donors (Lipinski definition) is 1. The number of benzene rings is 2. The van der Waals surface area contributed by atoms with Gasteiger partial charge in [0, 0.05) is 20.1 Å². The number of anilines is 1. The number of carbonyl (C=O) groups is 1. The van der Waals surface area contributed by atoms with E-state index in [0.717, 1.165) is 28.3 Å². The van der Waals surface area contributed by atoms with Crippen molar-refractivity contribution in [3.8, 4) is 0 Å². The van der Waals surface area contributed by atoms with Crippen molar-refractivity contribution in [2.75, 3.05) is 24.9 Å². The number of hydrogen-bond acceptors (Lipinski definition) is 3. The second-order valence-electron chi connectivity index (χ2n) is 7.58. The number of carbonyl (C=O) groups excluding carboxylic acids is 1. The average molecular weight is 418 g/mol. The molecule has 0 radical (unpaired) electrons. The third-order valence-corrected chi connectivity index (χ3v) is 6.58. The van der Waals surface area contributed by atoms with Gasteiger partial charge in [-0.25, -0.2) is 4.31 Å². The fraction of sp³-hybridized carbons (Fsp3) is 0.409. The number of nitrogens with one attached hydrogen (secondary N) is 1. The predicted molar refractivity (Wildman–Crippen MR) is 118 cm³/mol. The van der Waals surface area contributed by atoms with E-state index in [1.165, 1.54) is 24.0 Å². The minimum Gasteiger partial charge on any atom is -0.352 e. The zero-order valence-electron chi connectivity index (χ0n) is 17.8. The second-order valence-corrected chi connectivity index (χ2v) is 9.65. The molecule has 0 aromatic heterocycles. The fourth-order valence-corrected chi connectivity index (χ4v) is 4.15. The Morgan fingerprint density at radius 1 is 1.07 bits per heavy atom. The van der Waals surface area contributed by atoms with Gasteiger partial charge in [0.05, 0.1) is 5.69 Å². The summed E-state index contributed by atoms with van der Waals surface area (Å²) in [6, 6.07) is 15.6. The zero-order valence-corrected chi connectivity index (χ0v) is 18.7. The van der Waals surface area contributed by atoms with Gasteiger partial charge in [0.1, 0.15) is 6.54 Å². The molecule has 0 saturated carbocycles. The molecule has 0 fully saturated rings. The molecule has 2 aromatic rings. The monoisotopic (exact) mass is 417 g/mol. The lowest BCUT2D eigenvalue weighted by Gasteiger charge is -2.29. The van der Waals surface area contributed by atoms with Crippen LogP contribution >= 0.6 is 0 Å². The van der Waals surface area contributed by atoms with Crippen molar-refractivity contribution < 1.29 is 13.2 Å². The predicted octanol–water partition coefficient (Wildman–Crippen LogP) is 3.05. The Morgan fingerprint density at radius 3 is 2.34 bits per heavy atom. The maximum Gasteiger partial charge on any atom is 0.304 e. The van der Waals surface area contributed by atoms with Crippen LogP contribution in [0.1, 0.15) is 30.0 Å². The first kappa shape index (κ1) is 22.9. The van der Waals surface area contributed by atoms with Gasteiger partial charge in [-0.1, -0.05) is 42.5 Å². The van der Waals surface area contributed by atoms with E-state index < -0.39 is 10.2 Å². The van der Waals surface area contributed by atoms with Gasteiger partial charge in [-0.15, -0.1) is 0 Å². The number of nitrogens with zero attached hydrogens (tertiary/aromatic N) is 2. The first-order valence-electron chi connectivity index (χ1n) is 9.72. The highest BCUT2D eigenvalue weighted by Gasteiger charge is 2.28. The first-order valence-corrected chi connectivity index (χ1v) is 11.1. The molecule has 6 nitrogen and oxygen atoms in total. The van der Waals surface area contributed by atoms with Crippen molar-refractivity contribution in [3.63, 3.8) is 0 Å². The lowest BCUT2D eigenvalue weighted by atomic mass is 10.1. The molecule has 0 heterocycles. The normalized spacial score (nSPS) is 12.6. The molecule has 0 saturated heterocycles. The first-order chi connectivity index (χ1) is 13.6. The molecule has 0 aliphatic heterocycles. The summed E-state index contributed by atoms with van der Waals surface area (Å²) >= 11 is 0. The SMILES string of the molecule is Cc1ccc(C)c(N(CC(=O)NC(C)CCc2ccccc2)S(=O)(=O)N(C)C)c1. The third kappa shape index (κ3) is 6.30. The van der Waals surface area contributed by atoms with Gasteiger partial charge in [0.15, 0.2) is 0 Å². The van der Waals surface area contributed by atoms with Gasteiger partial charge in [0.25, 0.3) is 0 Å². The molecule has 1 N–H and O–H groups in total. The van der Waals surface area contributed by atoms with E-state index in [9.17, 15) is 13.2 Å². The Hall–Kier alpha value is -2.38. The molecule has 29 heavy (non-hydrogen) atoms. The molecule has 158 valence electrons. The number of aryl methyl sites for hydroxylation is 3. The van der Waals surface area contributed by atoms with Crippen molar-refractivity contribution in [2.24, 2.45) is 0 Å². The molecule has 0 bridgehead atoms. The molecule has 1 amide bonds. The van der Waals surface area contributed by atoms with Crippen LogP contribution in [-0.4, -0.2) is 45.3 Å². The van der Waals surface area contributed by atoms with Crippen LogP contribution in [0, 0.1) is 13.8 Å². The van der Waals surface area contributed by atoms with Gasteiger partial charge in [-0.05, 0) is 56.4 Å². The van der Waals surface area contributed by atoms with E-state index >= 15 is 0 Å². The van der Waals surface area contributed by atoms with Gasteiger partial charge in [0.2, 0.25) is 5.91 Å². The molecule has 2 aromatic carbocycles. The molecule has 0 spiro atoms. The molecule has 7 heteroatoms. The van der Waals surface area contributed by atoms with E-state index in [-0.39, 0.29) is 18.5 Å². The van der Waals surface area contributed by atoms with E-state index in [1.807, 2.05) is 51.1 Å². The summed E-state index contributed by atoms with van der Waals surface area (Å²) < 4.78 is 28.1. The maximum absolute atomic E-state index is 12.9. The summed E-state index contributed by atoms with van der Waals surface area (Å²) in [5.74, 6) is -0.322. The fourth-order valence-electron chi connectivity index (χ4n) is 3.03. The van der Waals surface area contributed by atoms with Crippen molar-refractivity contribution in [2.45, 2.75) is 39.7 Å². The summed E-state index contributed by atoms with van der Waals surface area (Å²) in [7, 11) is -0.879. The van der Waals surface area contributed by atoms with Crippen molar-refractivity contribution >= 4 is 21.8 Å². The van der Waals surface area contributed by atoms with Crippen molar-refractivity contribution in [3.05, 3.63) is 65.2 Å². The minimum atomic E-state index is -3.81. The summed E-state index contributed by atoms with van der Waals surface area (Å²) in [4.78, 5) is 12.7. The highest BCUT2D eigenvalue weighted by molar-refractivity contribution is 7.90. The van der Waals surface area contributed by atoms with Crippen LogP contribution in [0.3, 0.4) is 0 Å². The molecule has 1 atom stereocenters. The van der Waals surface area contributed by atoms with Gasteiger partial charge in [-0.2, -0.15) is 12.7 Å². The number of rotatable bonds is 9. The molecule has 0 aliphatic rings. The molecule has 1 unspecified atom stereocenters. The van der Waals surface area contributed by atoms with Crippen LogP contribution in [-0.2, 0) is 21.4 Å². The van der Waals surface area contributed by atoms with Crippen molar-refractivity contribution in [1.82, 2.24) is 9.62 Å². The highest BCUT2D eigenvalue weighted by Crippen LogP contribution is 2.25. The Morgan fingerprint density at radius 2 is 1.72 bits per heavy atom. The van der Waals surface area contributed by atoms with Crippen LogP contribution in [0.5, 0.6) is 0 Å². The zero-order chi connectivity index (χ0) is 21.6. The minimum absolute atomic E-state index is 0.0646. The molecular weight excluding hydrogens is 386 g/mol. The summed E-state index contributed by atoms with van der Waals surface area (Å²) in [6.07, 6.45) is 1.62. The molecule has 2 rings (SSSR count). The average Bonchev–Trinajstić information content (AvgIpc) is 2.67. The van der Waals surface area contributed by atoms with E-state index in [4.69, 9.17) is 0 Å². The van der Waals surface area contributed by atoms with Crippen molar-refractivity contribution in [1.29, 1.82) is 0 Å². The lowest BCUT2D eigenvalue weighted by Crippen LogP contribution is -2.47. The Kier molecular flexibility index (Phi) is 7.81. The van der Waals surface area contributed by atoms with Crippen LogP contribution in [0.25, 0.3) is 0 Å². The van der Waals surface area contributed by atoms with E-state index in [1.54, 1.807) is 6.07 Å². The second kappa shape index (κ2) is 9.89. The maximum atomic E-state index is 12.9. The smallest absolute Gasteiger partial charge is 0.304 e. The number of amides is 1. The summed E-state index contributed by atoms with van der Waals surface area (Å²) in [5, 5.41) is 2.93. The molecule has 0 aliphatic carbocycles. The summed E-state index contributed by atoms with van der Waals surface area (Å²) in [5.41, 5.74) is 3.46. The van der Waals surface area contributed by atoms with Gasteiger partial charge in [-0.3, -0.25) is 4.79 Å². The lowest BCUT2D eigenvalue weighted by molar-refractivity contribution is -0.120. The van der Waals surface area contributed by atoms with Crippen LogP contribution < -0.4 is 9.62 Å². The van der Waals surface area contributed by atoms with Gasteiger partial charge < -0.3 is 5.32 Å².